The number of aliphatic hydroxyl groups excluding tert-OH is 1. The molecule has 1 N–H and O–H groups in total. The Bertz CT molecular complexity index is 1620. The lowest BCUT2D eigenvalue weighted by atomic mass is 9.82. The van der Waals surface area contributed by atoms with Gasteiger partial charge in [-0.2, -0.15) is 0 Å². The first kappa shape index (κ1) is 36.1. The number of amides is 3. The van der Waals surface area contributed by atoms with Gasteiger partial charge in [-0.3, -0.25) is 19.2 Å². The maximum absolute atomic E-state index is 15.1. The molecule has 6 rings (SSSR count). The molecule has 4 aliphatic heterocycles. The minimum Gasteiger partial charge on any atom is -0.497 e. The van der Waals surface area contributed by atoms with Crippen LogP contribution in [-0.2, 0) is 34.3 Å². The van der Waals surface area contributed by atoms with Crippen molar-refractivity contribution in [2.75, 3.05) is 50.3 Å². The summed E-state index contributed by atoms with van der Waals surface area (Å²) in [6.07, 6.45) is 3.82. The van der Waals surface area contributed by atoms with Crippen molar-refractivity contribution < 1.29 is 38.5 Å². The number of unbranched alkanes of at least 4 members (excludes halogenated alkanes) is 1. The highest BCUT2D eigenvalue weighted by atomic mass is 28.3. The van der Waals surface area contributed by atoms with Gasteiger partial charge in [0.1, 0.15) is 5.75 Å². The Hall–Kier alpha value is -3.74. The number of methoxy groups -OCH3 is 2. The quantitative estimate of drug-likeness (QED) is 0.199. The Balaban J connectivity index is 1.43. The van der Waals surface area contributed by atoms with Gasteiger partial charge in [0.15, 0.2) is 5.60 Å². The van der Waals surface area contributed by atoms with Crippen LogP contribution >= 0.6 is 0 Å². The number of benzene rings is 2. The van der Waals surface area contributed by atoms with Gasteiger partial charge in [-0.25, -0.2) is 0 Å². The zero-order chi connectivity index (χ0) is 35.8. The fourth-order valence-electron chi connectivity index (χ4n) is 9.10. The number of hydrogen-bond donors (Lipinski definition) is 1. The first-order chi connectivity index (χ1) is 24.0. The largest absolute Gasteiger partial charge is 0.497 e. The SMILES string of the molecule is COC(=O)CCCCN1C(=O)[C@]2(O[C@H](CC(=O)N3CCC[C@H]3CO)[C@@H]([Si](C)(C)c3ccc(OC)cc3)[C@@H]2C)c2cc(N3CCCC3=O)ccc21. The molecule has 2 aromatic carbocycles. The molecule has 3 fully saturated rings. The van der Waals surface area contributed by atoms with E-state index in [1.807, 2.05) is 30.3 Å². The molecule has 4 aliphatic rings. The lowest BCUT2D eigenvalue weighted by Gasteiger charge is -2.37. The van der Waals surface area contributed by atoms with Crippen LogP contribution < -0.4 is 19.7 Å². The Morgan fingerprint density at radius 2 is 1.80 bits per heavy atom. The Kier molecular flexibility index (Phi) is 10.4. The number of carbonyl (C=O) groups excluding carboxylic acids is 4. The van der Waals surface area contributed by atoms with Gasteiger partial charge in [0, 0.05) is 49.6 Å². The fourth-order valence-corrected chi connectivity index (χ4v) is 13.1. The van der Waals surface area contributed by atoms with Crippen molar-refractivity contribution in [3.8, 4) is 5.75 Å². The zero-order valence-corrected chi connectivity index (χ0v) is 31.0. The molecule has 0 unspecified atom stereocenters. The number of aliphatic hydroxyl groups is 1. The summed E-state index contributed by atoms with van der Waals surface area (Å²) in [4.78, 5) is 59.2. The van der Waals surface area contributed by atoms with E-state index in [-0.39, 0.29) is 60.6 Å². The number of anilines is 2. The second kappa shape index (κ2) is 14.5. The van der Waals surface area contributed by atoms with Gasteiger partial charge in [-0.1, -0.05) is 37.3 Å². The highest BCUT2D eigenvalue weighted by Crippen LogP contribution is 2.60. The van der Waals surface area contributed by atoms with Crippen LogP contribution in [0.2, 0.25) is 18.6 Å². The lowest BCUT2D eigenvalue weighted by molar-refractivity contribution is -0.150. The van der Waals surface area contributed by atoms with Crippen LogP contribution in [0.5, 0.6) is 5.75 Å². The summed E-state index contributed by atoms with van der Waals surface area (Å²) in [5, 5.41) is 11.2. The lowest BCUT2D eigenvalue weighted by Crippen LogP contribution is -2.52. The highest BCUT2D eigenvalue weighted by molar-refractivity contribution is 6.91. The topological polar surface area (TPSA) is 126 Å². The smallest absolute Gasteiger partial charge is 0.305 e. The fraction of sp³-hybridized carbons (Fsp3) is 0.579. The van der Waals surface area contributed by atoms with Gasteiger partial charge in [-0.15, -0.1) is 0 Å². The van der Waals surface area contributed by atoms with E-state index in [9.17, 15) is 19.5 Å². The summed E-state index contributed by atoms with van der Waals surface area (Å²) in [5.41, 5.74) is 0.707. The Morgan fingerprint density at radius 3 is 2.46 bits per heavy atom. The first-order valence-electron chi connectivity index (χ1n) is 18.0. The molecule has 4 heterocycles. The second-order valence-electron chi connectivity index (χ2n) is 14.8. The molecule has 2 aromatic rings. The molecular weight excluding hydrogens is 655 g/mol. The molecule has 0 radical (unpaired) electrons. The van der Waals surface area contributed by atoms with E-state index in [1.165, 1.54) is 12.3 Å². The summed E-state index contributed by atoms with van der Waals surface area (Å²) in [6.45, 7) is 8.18. The standard InChI is InChI=1S/C38H51N3O8Si/c1-25-36(50(4,5)29-16-14-28(47-2)15-17-29)32(23-34(44)40-20-8-10-27(40)24-42)49-38(25)30-22-26(39-21-9-11-33(39)43)13-18-31(30)41(37(38)46)19-7-6-12-35(45)48-3/h13-18,22,25,27,32,36,42H,6-12,19-21,23-24H2,1-5H3/t25-,27-,32+,36-,38+/m0/s1. The number of hydrogen-bond acceptors (Lipinski definition) is 8. The maximum atomic E-state index is 15.1. The molecule has 11 nitrogen and oxygen atoms in total. The van der Waals surface area contributed by atoms with E-state index >= 15 is 4.79 Å². The van der Waals surface area contributed by atoms with Crippen LogP contribution in [0.1, 0.15) is 63.9 Å². The van der Waals surface area contributed by atoms with Crippen molar-refractivity contribution >= 4 is 48.3 Å². The molecule has 12 heteroatoms. The molecule has 3 amide bonds. The number of nitrogens with zero attached hydrogens (tertiary/aromatic N) is 3. The summed E-state index contributed by atoms with van der Waals surface area (Å²) in [5.74, 6) is -0.0222. The molecule has 0 bridgehead atoms. The van der Waals surface area contributed by atoms with Crippen molar-refractivity contribution in [1.82, 2.24) is 4.90 Å². The van der Waals surface area contributed by atoms with Crippen molar-refractivity contribution in [2.24, 2.45) is 5.92 Å². The van der Waals surface area contributed by atoms with Crippen molar-refractivity contribution in [2.45, 2.75) is 94.7 Å². The monoisotopic (exact) mass is 705 g/mol. The number of ether oxygens (including phenoxy) is 3. The molecule has 270 valence electrons. The van der Waals surface area contributed by atoms with Crippen LogP contribution in [0.15, 0.2) is 42.5 Å². The zero-order valence-electron chi connectivity index (χ0n) is 30.0. The summed E-state index contributed by atoms with van der Waals surface area (Å²) >= 11 is 0. The van der Waals surface area contributed by atoms with Gasteiger partial charge < -0.3 is 34.0 Å². The van der Waals surface area contributed by atoms with E-state index in [2.05, 4.69) is 32.2 Å². The van der Waals surface area contributed by atoms with Crippen LogP contribution in [-0.4, -0.2) is 94.4 Å². The molecule has 0 saturated carbocycles. The molecule has 0 aromatic heterocycles. The third kappa shape index (κ3) is 6.23. The van der Waals surface area contributed by atoms with Crippen molar-refractivity contribution in [3.63, 3.8) is 0 Å². The molecule has 3 saturated heterocycles. The minimum absolute atomic E-state index is 0.0572. The molecular formula is C38H51N3O8Si. The number of carbonyl (C=O) groups is 4. The summed E-state index contributed by atoms with van der Waals surface area (Å²) in [6, 6.07) is 13.7. The van der Waals surface area contributed by atoms with Gasteiger partial charge in [0.2, 0.25) is 11.8 Å². The van der Waals surface area contributed by atoms with Crippen LogP contribution in [0.4, 0.5) is 11.4 Å². The Labute approximate surface area is 295 Å². The van der Waals surface area contributed by atoms with Gasteiger partial charge >= 0.3 is 5.97 Å². The summed E-state index contributed by atoms with van der Waals surface area (Å²) in [7, 11) is 0.520. The first-order valence-corrected chi connectivity index (χ1v) is 21.1. The van der Waals surface area contributed by atoms with Crippen LogP contribution in [0, 0.1) is 5.92 Å². The van der Waals surface area contributed by atoms with E-state index < -0.39 is 19.8 Å². The molecule has 1 spiro atoms. The van der Waals surface area contributed by atoms with E-state index in [0.29, 0.717) is 38.9 Å². The predicted octanol–water partition coefficient (Wildman–Crippen LogP) is 4.10. The average Bonchev–Trinajstić information content (AvgIpc) is 3.89. The number of rotatable bonds is 12. The van der Waals surface area contributed by atoms with Crippen molar-refractivity contribution in [1.29, 1.82) is 0 Å². The van der Waals surface area contributed by atoms with E-state index in [4.69, 9.17) is 14.2 Å². The maximum Gasteiger partial charge on any atom is 0.305 e. The number of fused-ring (bicyclic) bond motifs is 2. The minimum atomic E-state index is -2.49. The van der Waals surface area contributed by atoms with E-state index in [1.54, 1.807) is 21.8 Å². The molecule has 0 aliphatic carbocycles. The van der Waals surface area contributed by atoms with Gasteiger partial charge in [0.05, 0.1) is 53.2 Å². The predicted molar refractivity (Wildman–Crippen MR) is 192 cm³/mol. The summed E-state index contributed by atoms with van der Waals surface area (Å²) < 4.78 is 17.5. The normalized spacial score (nSPS) is 26.3. The Morgan fingerprint density at radius 1 is 1.04 bits per heavy atom. The van der Waals surface area contributed by atoms with Crippen LogP contribution in [0.3, 0.4) is 0 Å². The third-order valence-corrected chi connectivity index (χ3v) is 16.1. The van der Waals surface area contributed by atoms with E-state index in [0.717, 1.165) is 42.0 Å². The van der Waals surface area contributed by atoms with Crippen molar-refractivity contribution in [3.05, 3.63) is 48.0 Å². The van der Waals surface area contributed by atoms with Gasteiger partial charge in [0.25, 0.3) is 5.91 Å². The van der Waals surface area contributed by atoms with Gasteiger partial charge in [-0.05, 0) is 68.0 Å². The number of likely N-dealkylation sites (tertiary alicyclic amines) is 1. The van der Waals surface area contributed by atoms with Crippen LogP contribution in [0.25, 0.3) is 0 Å². The highest BCUT2D eigenvalue weighted by Gasteiger charge is 2.66. The number of esters is 1. The third-order valence-electron chi connectivity index (χ3n) is 11.7. The molecule has 50 heavy (non-hydrogen) atoms. The second-order valence-corrected chi connectivity index (χ2v) is 19.5. The average molecular weight is 706 g/mol. The molecule has 5 atom stereocenters.